The molecule has 0 bridgehead atoms. The van der Waals surface area contributed by atoms with Crippen LogP contribution in [0.25, 0.3) is 0 Å². The zero-order valence-corrected chi connectivity index (χ0v) is 14.8. The Labute approximate surface area is 146 Å². The van der Waals surface area contributed by atoms with Crippen molar-refractivity contribution in [2.45, 2.75) is 58.0 Å². The number of ether oxygens (including phenoxy) is 1. The van der Waals surface area contributed by atoms with E-state index in [-0.39, 0.29) is 0 Å². The summed E-state index contributed by atoms with van der Waals surface area (Å²) in [5.74, 6) is 1.52. The highest BCUT2D eigenvalue weighted by molar-refractivity contribution is 5.76. The third kappa shape index (κ3) is 5.34. The molecule has 1 saturated heterocycles. The number of nitrogens with zero attached hydrogens (tertiary/aromatic N) is 1. The maximum absolute atomic E-state index is 12.6. The molecule has 2 fully saturated rings. The Balaban J connectivity index is 1.39. The molecule has 1 aromatic carbocycles. The Morgan fingerprint density at radius 3 is 2.54 bits per heavy atom. The van der Waals surface area contributed by atoms with E-state index in [1.807, 2.05) is 18.2 Å². The smallest absolute Gasteiger partial charge is 0.222 e. The second-order valence-corrected chi connectivity index (χ2v) is 7.56. The highest BCUT2D eigenvalue weighted by Gasteiger charge is 2.26. The van der Waals surface area contributed by atoms with Gasteiger partial charge in [0.15, 0.2) is 0 Å². The monoisotopic (exact) mass is 329 g/mol. The van der Waals surface area contributed by atoms with Crippen molar-refractivity contribution < 1.29 is 9.53 Å². The highest BCUT2D eigenvalue weighted by atomic mass is 16.5. The quantitative estimate of drug-likeness (QED) is 0.773. The molecule has 1 amide bonds. The highest BCUT2D eigenvalue weighted by Crippen LogP contribution is 2.28. The predicted molar refractivity (Wildman–Crippen MR) is 96.6 cm³/mol. The van der Waals surface area contributed by atoms with Crippen molar-refractivity contribution in [1.82, 2.24) is 4.90 Å². The average molecular weight is 329 g/mol. The molecule has 1 saturated carbocycles. The largest absolute Gasteiger partial charge is 0.376 e. The van der Waals surface area contributed by atoms with Crippen molar-refractivity contribution in [3.8, 4) is 0 Å². The Bertz CT molecular complexity index is 496. The number of hydrogen-bond donors (Lipinski definition) is 0. The van der Waals surface area contributed by atoms with Gasteiger partial charge in [-0.2, -0.15) is 0 Å². The van der Waals surface area contributed by atoms with Crippen LogP contribution in [0.1, 0.15) is 56.9 Å². The summed E-state index contributed by atoms with van der Waals surface area (Å²) in [6.45, 7) is 3.27. The number of amides is 1. The standard InChI is InChI=1S/C21H31NO2/c23-21(14-18-8-3-1-4-9-18)22-13-7-12-20(15-22)17-24-16-19-10-5-2-6-11-19/h2,5-6,10-11,18,20H,1,3-4,7-9,12-17H2. The molecule has 1 unspecified atom stereocenters. The maximum atomic E-state index is 12.6. The lowest BCUT2D eigenvalue weighted by atomic mass is 9.86. The lowest BCUT2D eigenvalue weighted by Gasteiger charge is -2.34. The van der Waals surface area contributed by atoms with E-state index in [0.29, 0.717) is 24.3 Å². The van der Waals surface area contributed by atoms with E-state index in [1.54, 1.807) is 0 Å². The molecule has 0 aromatic heterocycles. The van der Waals surface area contributed by atoms with Gasteiger partial charge in [-0.3, -0.25) is 4.79 Å². The molecular weight excluding hydrogens is 298 g/mol. The fraction of sp³-hybridized carbons (Fsp3) is 0.667. The van der Waals surface area contributed by atoms with Gasteiger partial charge in [0.1, 0.15) is 0 Å². The Hall–Kier alpha value is -1.35. The molecule has 3 rings (SSSR count). The number of hydrogen-bond acceptors (Lipinski definition) is 2. The molecule has 1 aliphatic carbocycles. The van der Waals surface area contributed by atoms with E-state index in [2.05, 4.69) is 17.0 Å². The molecule has 3 nitrogen and oxygen atoms in total. The summed E-state index contributed by atoms with van der Waals surface area (Å²) in [5.41, 5.74) is 1.22. The third-order valence-corrected chi connectivity index (χ3v) is 5.52. The summed E-state index contributed by atoms with van der Waals surface area (Å²) in [6, 6.07) is 10.3. The molecule has 1 aromatic rings. The minimum absolute atomic E-state index is 0.384. The first-order chi connectivity index (χ1) is 11.8. The molecule has 1 heterocycles. The van der Waals surface area contributed by atoms with Crippen molar-refractivity contribution in [2.75, 3.05) is 19.7 Å². The van der Waals surface area contributed by atoms with E-state index >= 15 is 0 Å². The van der Waals surface area contributed by atoms with E-state index in [1.165, 1.54) is 44.1 Å². The summed E-state index contributed by atoms with van der Waals surface area (Å²) in [6.07, 6.45) is 9.57. The van der Waals surface area contributed by atoms with Crippen LogP contribution in [-0.2, 0) is 16.1 Å². The minimum Gasteiger partial charge on any atom is -0.376 e. The van der Waals surface area contributed by atoms with Crippen LogP contribution in [0.5, 0.6) is 0 Å². The zero-order valence-electron chi connectivity index (χ0n) is 14.8. The molecular formula is C21H31NO2. The average Bonchev–Trinajstić information content (AvgIpc) is 2.64. The van der Waals surface area contributed by atoms with Gasteiger partial charge in [-0.05, 0) is 43.1 Å². The number of rotatable bonds is 6. The summed E-state index contributed by atoms with van der Waals surface area (Å²) >= 11 is 0. The van der Waals surface area contributed by atoms with Gasteiger partial charge < -0.3 is 9.64 Å². The van der Waals surface area contributed by atoms with Crippen molar-refractivity contribution in [3.05, 3.63) is 35.9 Å². The van der Waals surface area contributed by atoms with Gasteiger partial charge in [-0.25, -0.2) is 0 Å². The summed E-state index contributed by atoms with van der Waals surface area (Å²) in [4.78, 5) is 14.7. The molecule has 1 aliphatic heterocycles. The summed E-state index contributed by atoms with van der Waals surface area (Å²) < 4.78 is 5.90. The van der Waals surface area contributed by atoms with E-state index in [4.69, 9.17) is 4.74 Å². The van der Waals surface area contributed by atoms with Crippen molar-refractivity contribution in [3.63, 3.8) is 0 Å². The van der Waals surface area contributed by atoms with Crippen LogP contribution < -0.4 is 0 Å². The van der Waals surface area contributed by atoms with E-state index in [0.717, 1.165) is 32.5 Å². The molecule has 132 valence electrons. The van der Waals surface area contributed by atoms with Crippen LogP contribution in [0.2, 0.25) is 0 Å². The van der Waals surface area contributed by atoms with Crippen LogP contribution in [-0.4, -0.2) is 30.5 Å². The number of likely N-dealkylation sites (tertiary alicyclic amines) is 1. The number of carbonyl (C=O) groups is 1. The number of piperidine rings is 1. The van der Waals surface area contributed by atoms with Crippen molar-refractivity contribution >= 4 is 5.91 Å². The van der Waals surface area contributed by atoms with Crippen molar-refractivity contribution in [2.24, 2.45) is 11.8 Å². The number of benzene rings is 1. The Morgan fingerprint density at radius 1 is 1.00 bits per heavy atom. The van der Waals surface area contributed by atoms with Crippen LogP contribution in [0.15, 0.2) is 30.3 Å². The second kappa shape index (κ2) is 9.22. The van der Waals surface area contributed by atoms with Gasteiger partial charge in [0, 0.05) is 19.5 Å². The van der Waals surface area contributed by atoms with Crippen LogP contribution in [0.4, 0.5) is 0 Å². The molecule has 24 heavy (non-hydrogen) atoms. The maximum Gasteiger partial charge on any atom is 0.222 e. The lowest BCUT2D eigenvalue weighted by Crippen LogP contribution is -2.41. The molecule has 0 radical (unpaired) electrons. The van der Waals surface area contributed by atoms with Crippen LogP contribution in [0.3, 0.4) is 0 Å². The van der Waals surface area contributed by atoms with Gasteiger partial charge in [0.05, 0.1) is 13.2 Å². The molecule has 0 N–H and O–H groups in total. The van der Waals surface area contributed by atoms with Crippen molar-refractivity contribution in [1.29, 1.82) is 0 Å². The molecule has 0 spiro atoms. The third-order valence-electron chi connectivity index (χ3n) is 5.52. The summed E-state index contributed by atoms with van der Waals surface area (Å²) in [5, 5.41) is 0. The first-order valence-corrected chi connectivity index (χ1v) is 9.70. The fourth-order valence-corrected chi connectivity index (χ4v) is 4.11. The first kappa shape index (κ1) is 17.5. The van der Waals surface area contributed by atoms with Gasteiger partial charge in [-0.15, -0.1) is 0 Å². The van der Waals surface area contributed by atoms with E-state index in [9.17, 15) is 4.79 Å². The van der Waals surface area contributed by atoms with Crippen LogP contribution in [0, 0.1) is 11.8 Å². The molecule has 3 heteroatoms. The zero-order chi connectivity index (χ0) is 16.6. The lowest BCUT2D eigenvalue weighted by molar-refractivity contribution is -0.134. The van der Waals surface area contributed by atoms with Gasteiger partial charge >= 0.3 is 0 Å². The Kier molecular flexibility index (Phi) is 6.71. The second-order valence-electron chi connectivity index (χ2n) is 7.56. The summed E-state index contributed by atoms with van der Waals surface area (Å²) in [7, 11) is 0. The van der Waals surface area contributed by atoms with Gasteiger partial charge in [0.2, 0.25) is 5.91 Å². The molecule has 1 atom stereocenters. The minimum atomic E-state index is 0.384. The van der Waals surface area contributed by atoms with Gasteiger partial charge in [0.25, 0.3) is 0 Å². The Morgan fingerprint density at radius 2 is 1.75 bits per heavy atom. The first-order valence-electron chi connectivity index (χ1n) is 9.70. The van der Waals surface area contributed by atoms with Crippen LogP contribution >= 0.6 is 0 Å². The SMILES string of the molecule is O=C(CC1CCCCC1)N1CCCC(COCc2ccccc2)C1. The van der Waals surface area contributed by atoms with Gasteiger partial charge in [-0.1, -0.05) is 49.6 Å². The fourth-order valence-electron chi connectivity index (χ4n) is 4.11. The number of carbonyl (C=O) groups excluding carboxylic acids is 1. The molecule has 2 aliphatic rings. The normalized spacial score (nSPS) is 22.5. The predicted octanol–water partition coefficient (Wildman–Crippen LogP) is 4.41. The van der Waals surface area contributed by atoms with E-state index < -0.39 is 0 Å². The topological polar surface area (TPSA) is 29.5 Å².